The predicted molar refractivity (Wildman–Crippen MR) is 59.2 cm³/mol. The number of hydrogen-bond donors (Lipinski definition) is 2. The van der Waals surface area contributed by atoms with Gasteiger partial charge in [-0.05, 0) is 29.8 Å². The fourth-order valence-corrected chi connectivity index (χ4v) is 1.39. The molecule has 7 heteroatoms. The lowest BCUT2D eigenvalue weighted by Crippen LogP contribution is -2.42. The van der Waals surface area contributed by atoms with Crippen LogP contribution in [0.5, 0.6) is 0 Å². The largest absolute Gasteiger partial charge is 0.479 e. The number of carboxylic acids is 1. The first-order valence-electron chi connectivity index (χ1n) is 4.43. The summed E-state index contributed by atoms with van der Waals surface area (Å²) in [5.41, 5.74) is -1.91. The van der Waals surface area contributed by atoms with Gasteiger partial charge in [0.05, 0.1) is 18.6 Å². The Morgan fingerprint density at radius 2 is 2.25 bits per heavy atom. The Labute approximate surface area is 99.7 Å². The van der Waals surface area contributed by atoms with Crippen LogP contribution in [0.1, 0.15) is 12.6 Å². The summed E-state index contributed by atoms with van der Waals surface area (Å²) in [6.45, 7) is 2.41. The summed E-state index contributed by atoms with van der Waals surface area (Å²) in [5, 5.41) is 18.2. The lowest BCUT2D eigenvalue weighted by molar-refractivity contribution is -0.157. The number of rotatable bonds is 3. The summed E-state index contributed by atoms with van der Waals surface area (Å²) in [6.07, 6.45) is 1.21. The molecule has 1 rings (SSSR count). The van der Waals surface area contributed by atoms with Crippen molar-refractivity contribution in [1.82, 2.24) is 9.55 Å². The molecule has 0 fully saturated rings. The molecular weight excluding hydrogens is 280 g/mol. The van der Waals surface area contributed by atoms with Crippen molar-refractivity contribution in [1.29, 1.82) is 0 Å². The summed E-state index contributed by atoms with van der Waals surface area (Å²) in [7, 11) is 0. The molecule has 16 heavy (non-hydrogen) atoms. The quantitative estimate of drug-likeness (QED) is 0.827. The fraction of sp³-hybridized carbons (Fsp3) is 0.444. The van der Waals surface area contributed by atoms with Crippen molar-refractivity contribution >= 4 is 21.9 Å². The van der Waals surface area contributed by atoms with E-state index in [0.29, 0.717) is 5.69 Å². The lowest BCUT2D eigenvalue weighted by Gasteiger charge is -2.18. The third-order valence-electron chi connectivity index (χ3n) is 2.10. The molecule has 0 spiro atoms. The van der Waals surface area contributed by atoms with E-state index in [1.54, 1.807) is 6.92 Å². The van der Waals surface area contributed by atoms with E-state index >= 15 is 0 Å². The highest BCUT2D eigenvalue weighted by molar-refractivity contribution is 9.10. The van der Waals surface area contributed by atoms with Gasteiger partial charge in [0.15, 0.2) is 5.60 Å². The minimum Gasteiger partial charge on any atom is -0.479 e. The number of aryl methyl sites for hydroxylation is 1. The standard InChI is InChI=1S/C9H11BrN2O4/c1-5-6(10)7(13)12(4-11-5)3-9(2,16)8(14)15/h4,16H,3H2,1-2H3,(H,14,15). The average Bonchev–Trinajstić information content (AvgIpc) is 2.19. The SMILES string of the molecule is Cc1ncn(CC(C)(O)C(=O)O)c(=O)c1Br. The van der Waals surface area contributed by atoms with Gasteiger partial charge in [0.25, 0.3) is 5.56 Å². The molecule has 1 aromatic heterocycles. The molecule has 0 bridgehead atoms. The zero-order valence-corrected chi connectivity index (χ0v) is 10.4. The van der Waals surface area contributed by atoms with E-state index in [2.05, 4.69) is 20.9 Å². The first-order valence-corrected chi connectivity index (χ1v) is 5.22. The second kappa shape index (κ2) is 4.34. The molecule has 6 nitrogen and oxygen atoms in total. The van der Waals surface area contributed by atoms with Crippen LogP contribution in [-0.4, -0.2) is 31.3 Å². The molecule has 1 aromatic rings. The molecule has 0 aromatic carbocycles. The third-order valence-corrected chi connectivity index (χ3v) is 3.01. The molecular formula is C9H11BrN2O4. The van der Waals surface area contributed by atoms with Crippen LogP contribution in [-0.2, 0) is 11.3 Å². The number of aliphatic carboxylic acids is 1. The molecule has 2 N–H and O–H groups in total. The van der Waals surface area contributed by atoms with Gasteiger partial charge in [0.2, 0.25) is 0 Å². The average molecular weight is 291 g/mol. The highest BCUT2D eigenvalue weighted by Crippen LogP contribution is 2.09. The molecule has 1 atom stereocenters. The van der Waals surface area contributed by atoms with Gasteiger partial charge in [-0.15, -0.1) is 0 Å². The van der Waals surface area contributed by atoms with E-state index in [1.807, 2.05) is 0 Å². The summed E-state index contributed by atoms with van der Waals surface area (Å²) in [4.78, 5) is 26.2. The molecule has 0 saturated carbocycles. The number of carbonyl (C=O) groups is 1. The first-order chi connectivity index (χ1) is 7.25. The number of hydrogen-bond acceptors (Lipinski definition) is 4. The van der Waals surface area contributed by atoms with Gasteiger partial charge in [0, 0.05) is 0 Å². The molecule has 0 amide bonds. The third kappa shape index (κ3) is 2.48. The summed E-state index contributed by atoms with van der Waals surface area (Å²) in [5.74, 6) is -1.39. The molecule has 1 heterocycles. The number of aromatic nitrogens is 2. The number of aliphatic hydroxyl groups is 1. The minimum atomic E-state index is -2.00. The van der Waals surface area contributed by atoms with Gasteiger partial charge in [-0.25, -0.2) is 9.78 Å². The minimum absolute atomic E-state index is 0.260. The lowest BCUT2D eigenvalue weighted by atomic mass is 10.1. The highest BCUT2D eigenvalue weighted by atomic mass is 79.9. The van der Waals surface area contributed by atoms with Gasteiger partial charge in [0.1, 0.15) is 4.47 Å². The van der Waals surface area contributed by atoms with Gasteiger partial charge in [-0.2, -0.15) is 0 Å². The summed E-state index contributed by atoms with van der Waals surface area (Å²) < 4.78 is 1.31. The number of nitrogens with zero attached hydrogens (tertiary/aromatic N) is 2. The van der Waals surface area contributed by atoms with Crippen LogP contribution in [0.3, 0.4) is 0 Å². The Morgan fingerprint density at radius 1 is 1.69 bits per heavy atom. The topological polar surface area (TPSA) is 92.4 Å². The monoisotopic (exact) mass is 290 g/mol. The van der Waals surface area contributed by atoms with E-state index in [4.69, 9.17) is 5.11 Å². The van der Waals surface area contributed by atoms with Crippen LogP contribution >= 0.6 is 15.9 Å². The van der Waals surface area contributed by atoms with E-state index in [0.717, 1.165) is 11.5 Å². The van der Waals surface area contributed by atoms with Crippen molar-refractivity contribution in [3.05, 3.63) is 26.8 Å². The van der Waals surface area contributed by atoms with Gasteiger partial charge in [-0.3, -0.25) is 9.36 Å². The zero-order valence-electron chi connectivity index (χ0n) is 8.77. The maximum absolute atomic E-state index is 11.7. The van der Waals surface area contributed by atoms with Gasteiger partial charge < -0.3 is 10.2 Å². The Bertz CT molecular complexity index is 481. The maximum Gasteiger partial charge on any atom is 0.337 e. The summed E-state index contributed by atoms with van der Waals surface area (Å²) >= 11 is 3.05. The van der Waals surface area contributed by atoms with Crippen LogP contribution in [0.4, 0.5) is 0 Å². The molecule has 0 aliphatic heterocycles. The predicted octanol–water partition coefficient (Wildman–Crippen LogP) is 0.150. The van der Waals surface area contributed by atoms with E-state index in [1.165, 1.54) is 6.33 Å². The second-order valence-electron chi connectivity index (χ2n) is 3.66. The van der Waals surface area contributed by atoms with Crippen molar-refractivity contribution in [3.8, 4) is 0 Å². The molecule has 0 saturated heterocycles. The molecule has 0 radical (unpaired) electrons. The Kier molecular flexibility index (Phi) is 3.49. The van der Waals surface area contributed by atoms with Gasteiger partial charge in [-0.1, -0.05) is 0 Å². The van der Waals surface area contributed by atoms with Crippen LogP contribution in [0.25, 0.3) is 0 Å². The van der Waals surface area contributed by atoms with E-state index in [-0.39, 0.29) is 11.0 Å². The smallest absolute Gasteiger partial charge is 0.337 e. The molecule has 0 aliphatic carbocycles. The Hall–Kier alpha value is -1.21. The van der Waals surface area contributed by atoms with Crippen LogP contribution < -0.4 is 5.56 Å². The molecule has 0 aliphatic rings. The van der Waals surface area contributed by atoms with Crippen molar-refractivity contribution in [3.63, 3.8) is 0 Å². The number of carboxylic acid groups (broad SMARTS) is 1. The highest BCUT2D eigenvalue weighted by Gasteiger charge is 2.31. The van der Waals surface area contributed by atoms with Crippen molar-refractivity contribution in [2.45, 2.75) is 26.0 Å². The fourth-order valence-electron chi connectivity index (χ4n) is 1.06. The molecule has 1 unspecified atom stereocenters. The zero-order chi connectivity index (χ0) is 12.5. The Balaban J connectivity index is 3.14. The van der Waals surface area contributed by atoms with Crippen molar-refractivity contribution < 1.29 is 15.0 Å². The Morgan fingerprint density at radius 3 is 2.75 bits per heavy atom. The number of halogens is 1. The van der Waals surface area contributed by atoms with Crippen molar-refractivity contribution in [2.24, 2.45) is 0 Å². The van der Waals surface area contributed by atoms with Crippen LogP contribution in [0.15, 0.2) is 15.6 Å². The van der Waals surface area contributed by atoms with E-state index in [9.17, 15) is 14.7 Å². The first kappa shape index (κ1) is 12.9. The van der Waals surface area contributed by atoms with Gasteiger partial charge >= 0.3 is 5.97 Å². The van der Waals surface area contributed by atoms with Crippen molar-refractivity contribution in [2.75, 3.05) is 0 Å². The second-order valence-corrected chi connectivity index (χ2v) is 4.45. The maximum atomic E-state index is 11.7. The van der Waals surface area contributed by atoms with Crippen LogP contribution in [0, 0.1) is 6.92 Å². The molecule has 88 valence electrons. The van der Waals surface area contributed by atoms with Crippen LogP contribution in [0.2, 0.25) is 0 Å². The van der Waals surface area contributed by atoms with E-state index < -0.39 is 17.1 Å². The normalized spacial score (nSPS) is 14.5. The summed E-state index contributed by atoms with van der Waals surface area (Å²) in [6, 6.07) is 0.